The van der Waals surface area contributed by atoms with Gasteiger partial charge in [0, 0.05) is 6.54 Å². The molecule has 0 aliphatic carbocycles. The monoisotopic (exact) mass is 213 g/mol. The lowest BCUT2D eigenvalue weighted by Crippen LogP contribution is -2.43. The molecule has 0 saturated heterocycles. The Bertz CT molecular complexity index is 258. The maximum atomic E-state index is 10.2. The molecule has 3 N–H and O–H groups in total. The van der Waals surface area contributed by atoms with Crippen molar-refractivity contribution < 1.29 is 5.11 Å². The number of hydrogen-bond acceptors (Lipinski definition) is 3. The average Bonchev–Trinajstić information content (AvgIpc) is 2.66. The normalized spacial score (nSPS) is 15.8. The van der Waals surface area contributed by atoms with Crippen LogP contribution in [0.5, 0.6) is 0 Å². The van der Waals surface area contributed by atoms with E-state index in [1.165, 1.54) is 5.56 Å². The summed E-state index contributed by atoms with van der Waals surface area (Å²) in [6.07, 6.45) is 1.66. The second-order valence-corrected chi connectivity index (χ2v) is 4.87. The largest absolute Gasteiger partial charge is 0.388 e. The van der Waals surface area contributed by atoms with Crippen LogP contribution >= 0.6 is 11.3 Å². The van der Waals surface area contributed by atoms with Gasteiger partial charge in [0.25, 0.3) is 0 Å². The van der Waals surface area contributed by atoms with E-state index < -0.39 is 5.60 Å². The van der Waals surface area contributed by atoms with Crippen LogP contribution in [0.1, 0.15) is 25.8 Å². The predicted molar refractivity (Wildman–Crippen MR) is 61.5 cm³/mol. The summed E-state index contributed by atoms with van der Waals surface area (Å²) in [5.74, 6) is 0.214. The van der Waals surface area contributed by atoms with Crippen LogP contribution in [0.15, 0.2) is 16.8 Å². The highest BCUT2D eigenvalue weighted by Crippen LogP contribution is 2.22. The first-order valence-electron chi connectivity index (χ1n) is 5.02. The number of thiophene rings is 1. The Labute approximate surface area is 89.8 Å². The van der Waals surface area contributed by atoms with Gasteiger partial charge in [0.05, 0.1) is 5.60 Å². The third-order valence-corrected chi connectivity index (χ3v) is 3.59. The van der Waals surface area contributed by atoms with Crippen molar-refractivity contribution in [1.29, 1.82) is 0 Å². The molecule has 0 aliphatic heterocycles. The lowest BCUT2D eigenvalue weighted by atomic mass is 9.85. The highest BCUT2D eigenvalue weighted by atomic mass is 32.1. The zero-order valence-electron chi connectivity index (χ0n) is 8.86. The van der Waals surface area contributed by atoms with Crippen LogP contribution < -0.4 is 5.73 Å². The van der Waals surface area contributed by atoms with Gasteiger partial charge in [-0.05, 0) is 41.1 Å². The highest BCUT2D eigenvalue weighted by molar-refractivity contribution is 7.07. The predicted octanol–water partition coefficient (Wildman–Crippen LogP) is 2.03. The van der Waals surface area contributed by atoms with Gasteiger partial charge in [0.1, 0.15) is 0 Å². The van der Waals surface area contributed by atoms with Gasteiger partial charge in [0.15, 0.2) is 0 Å². The van der Waals surface area contributed by atoms with E-state index in [-0.39, 0.29) is 5.92 Å². The fourth-order valence-electron chi connectivity index (χ4n) is 1.42. The molecule has 14 heavy (non-hydrogen) atoms. The summed E-state index contributed by atoms with van der Waals surface area (Å²) in [6.45, 7) is 4.37. The molecular formula is C11H19NOS. The summed E-state index contributed by atoms with van der Waals surface area (Å²) >= 11 is 1.69. The maximum absolute atomic E-state index is 10.2. The van der Waals surface area contributed by atoms with Crippen LogP contribution in [-0.2, 0) is 6.42 Å². The molecule has 0 aliphatic rings. The molecule has 1 aromatic rings. The Hall–Kier alpha value is -0.380. The van der Waals surface area contributed by atoms with Crippen LogP contribution in [0.25, 0.3) is 0 Å². The highest BCUT2D eigenvalue weighted by Gasteiger charge is 2.28. The summed E-state index contributed by atoms with van der Waals surface area (Å²) in [4.78, 5) is 0. The quantitative estimate of drug-likeness (QED) is 0.786. The van der Waals surface area contributed by atoms with E-state index in [0.29, 0.717) is 6.54 Å². The molecule has 2 nitrogen and oxygen atoms in total. The lowest BCUT2D eigenvalue weighted by Gasteiger charge is -2.30. The second kappa shape index (κ2) is 4.91. The van der Waals surface area contributed by atoms with Crippen molar-refractivity contribution in [2.24, 2.45) is 11.7 Å². The molecule has 0 spiro atoms. The van der Waals surface area contributed by atoms with Crippen molar-refractivity contribution in [3.63, 3.8) is 0 Å². The number of nitrogens with two attached hydrogens (primary N) is 1. The molecule has 0 amide bonds. The molecule has 1 rings (SSSR count). The first kappa shape index (κ1) is 11.7. The molecule has 80 valence electrons. The van der Waals surface area contributed by atoms with Gasteiger partial charge in [-0.15, -0.1) is 0 Å². The number of aryl methyl sites for hydroxylation is 1. The van der Waals surface area contributed by atoms with Crippen LogP contribution in [0.3, 0.4) is 0 Å². The molecular weight excluding hydrogens is 194 g/mol. The zero-order chi connectivity index (χ0) is 10.6. The van der Waals surface area contributed by atoms with Crippen LogP contribution in [0, 0.1) is 5.92 Å². The Morgan fingerprint density at radius 2 is 2.29 bits per heavy atom. The van der Waals surface area contributed by atoms with Gasteiger partial charge in [-0.25, -0.2) is 0 Å². The SMILES string of the molecule is CC(C)C(O)(CN)CCc1ccsc1. The van der Waals surface area contributed by atoms with E-state index in [1.807, 2.05) is 13.8 Å². The third-order valence-electron chi connectivity index (χ3n) is 2.85. The van der Waals surface area contributed by atoms with Crippen molar-refractivity contribution in [2.45, 2.75) is 32.3 Å². The second-order valence-electron chi connectivity index (χ2n) is 4.09. The minimum absolute atomic E-state index is 0.214. The molecule has 3 heteroatoms. The molecule has 0 fully saturated rings. The smallest absolute Gasteiger partial charge is 0.0795 e. The molecule has 0 bridgehead atoms. The fraction of sp³-hybridized carbons (Fsp3) is 0.636. The number of hydrogen-bond donors (Lipinski definition) is 2. The average molecular weight is 213 g/mol. The van der Waals surface area contributed by atoms with Gasteiger partial charge in [-0.3, -0.25) is 0 Å². The minimum atomic E-state index is -0.706. The first-order chi connectivity index (χ1) is 6.58. The standard InChI is InChI=1S/C11H19NOS/c1-9(2)11(13,8-12)5-3-10-4-6-14-7-10/h4,6-7,9,13H,3,5,8,12H2,1-2H3. The van der Waals surface area contributed by atoms with Gasteiger partial charge in [-0.1, -0.05) is 13.8 Å². The topological polar surface area (TPSA) is 46.2 Å². The van der Waals surface area contributed by atoms with E-state index in [2.05, 4.69) is 16.8 Å². The molecule has 0 radical (unpaired) electrons. The van der Waals surface area contributed by atoms with E-state index >= 15 is 0 Å². The van der Waals surface area contributed by atoms with E-state index in [0.717, 1.165) is 12.8 Å². The molecule has 1 heterocycles. The molecule has 0 aromatic carbocycles. The Morgan fingerprint density at radius 3 is 2.71 bits per heavy atom. The third kappa shape index (κ3) is 2.80. The Kier molecular flexibility index (Phi) is 4.11. The lowest BCUT2D eigenvalue weighted by molar-refractivity contribution is -0.00396. The Morgan fingerprint density at radius 1 is 1.57 bits per heavy atom. The molecule has 1 aromatic heterocycles. The molecule has 1 unspecified atom stereocenters. The van der Waals surface area contributed by atoms with Gasteiger partial charge in [0.2, 0.25) is 0 Å². The van der Waals surface area contributed by atoms with Crippen molar-refractivity contribution >= 4 is 11.3 Å². The van der Waals surface area contributed by atoms with Gasteiger partial charge in [-0.2, -0.15) is 11.3 Å². The molecule has 1 atom stereocenters. The first-order valence-corrected chi connectivity index (χ1v) is 5.96. The van der Waals surface area contributed by atoms with Gasteiger partial charge < -0.3 is 10.8 Å². The molecule has 0 saturated carbocycles. The Balaban J connectivity index is 2.50. The van der Waals surface area contributed by atoms with Gasteiger partial charge >= 0.3 is 0 Å². The van der Waals surface area contributed by atoms with E-state index in [9.17, 15) is 5.11 Å². The summed E-state index contributed by atoms with van der Waals surface area (Å²) in [5, 5.41) is 14.4. The summed E-state index contributed by atoms with van der Waals surface area (Å²) < 4.78 is 0. The number of aliphatic hydroxyl groups is 1. The van der Waals surface area contributed by atoms with Crippen molar-refractivity contribution in [1.82, 2.24) is 0 Å². The van der Waals surface area contributed by atoms with E-state index in [1.54, 1.807) is 11.3 Å². The zero-order valence-corrected chi connectivity index (χ0v) is 9.68. The maximum Gasteiger partial charge on any atom is 0.0795 e. The minimum Gasteiger partial charge on any atom is -0.388 e. The summed E-state index contributed by atoms with van der Waals surface area (Å²) in [7, 11) is 0. The summed E-state index contributed by atoms with van der Waals surface area (Å²) in [5.41, 5.74) is 6.19. The summed E-state index contributed by atoms with van der Waals surface area (Å²) in [6, 6.07) is 2.10. The van der Waals surface area contributed by atoms with E-state index in [4.69, 9.17) is 5.73 Å². The fourth-order valence-corrected chi connectivity index (χ4v) is 2.13. The van der Waals surface area contributed by atoms with Crippen LogP contribution in [0.4, 0.5) is 0 Å². The number of rotatable bonds is 5. The van der Waals surface area contributed by atoms with Crippen molar-refractivity contribution in [3.05, 3.63) is 22.4 Å². The van der Waals surface area contributed by atoms with Crippen molar-refractivity contribution in [2.75, 3.05) is 6.54 Å². The van der Waals surface area contributed by atoms with Crippen LogP contribution in [0.2, 0.25) is 0 Å². The van der Waals surface area contributed by atoms with Crippen molar-refractivity contribution in [3.8, 4) is 0 Å². The van der Waals surface area contributed by atoms with Crippen LogP contribution in [-0.4, -0.2) is 17.3 Å².